The minimum absolute atomic E-state index is 0.119. The number of benzene rings is 2. The Morgan fingerprint density at radius 3 is 2.43 bits per heavy atom. The molecule has 1 aliphatic rings. The van der Waals surface area contributed by atoms with E-state index in [1.165, 1.54) is 11.6 Å². The molecule has 0 bridgehead atoms. The number of hydrogen-bond donors (Lipinski definition) is 0. The highest BCUT2D eigenvalue weighted by atomic mass is 19.1. The first-order valence-corrected chi connectivity index (χ1v) is 9.83. The highest BCUT2D eigenvalue weighted by Crippen LogP contribution is 2.36. The lowest BCUT2D eigenvalue weighted by molar-refractivity contribution is -0.140. The molecule has 1 aliphatic heterocycles. The van der Waals surface area contributed by atoms with Gasteiger partial charge in [-0.1, -0.05) is 50.6 Å². The molecule has 1 atom stereocenters. The summed E-state index contributed by atoms with van der Waals surface area (Å²) in [5.41, 5.74) is 2.92. The van der Waals surface area contributed by atoms with E-state index < -0.39 is 17.8 Å². The van der Waals surface area contributed by atoms with E-state index in [-0.39, 0.29) is 23.8 Å². The van der Waals surface area contributed by atoms with Crippen molar-refractivity contribution < 1.29 is 23.5 Å². The van der Waals surface area contributed by atoms with Crippen molar-refractivity contribution in [2.45, 2.75) is 52.4 Å². The molecular weight excluding hydrogens is 359 g/mol. The fourth-order valence-corrected chi connectivity index (χ4v) is 3.35. The standard InChI is InChI=1S/C23H25FO4/c1-3-5-15-6-8-16(9-7-15)10-13-20(25)27-19-12-11-18-14-17(4-2)23(26)28-22(18)21(19)24/h6-9,11-12,17H,3-5,10,13-14H2,1-2H3. The first-order chi connectivity index (χ1) is 13.5. The quantitative estimate of drug-likeness (QED) is 0.508. The lowest BCUT2D eigenvalue weighted by Crippen LogP contribution is -2.28. The summed E-state index contributed by atoms with van der Waals surface area (Å²) in [5.74, 6) is -2.34. The molecule has 1 unspecified atom stereocenters. The molecule has 1 heterocycles. The third-order valence-corrected chi connectivity index (χ3v) is 5.04. The van der Waals surface area contributed by atoms with E-state index in [1.54, 1.807) is 6.07 Å². The third kappa shape index (κ3) is 4.58. The Labute approximate surface area is 164 Å². The van der Waals surface area contributed by atoms with Gasteiger partial charge in [-0.2, -0.15) is 4.39 Å². The summed E-state index contributed by atoms with van der Waals surface area (Å²) >= 11 is 0. The van der Waals surface area contributed by atoms with Crippen LogP contribution in [0, 0.1) is 11.7 Å². The van der Waals surface area contributed by atoms with Crippen molar-refractivity contribution in [3.63, 3.8) is 0 Å². The number of aryl methyl sites for hydroxylation is 2. The largest absolute Gasteiger partial charge is 0.423 e. The fourth-order valence-electron chi connectivity index (χ4n) is 3.35. The van der Waals surface area contributed by atoms with Gasteiger partial charge in [0.25, 0.3) is 0 Å². The zero-order chi connectivity index (χ0) is 20.1. The van der Waals surface area contributed by atoms with Crippen LogP contribution in [-0.2, 0) is 28.9 Å². The summed E-state index contributed by atoms with van der Waals surface area (Å²) in [7, 11) is 0. The molecule has 0 saturated heterocycles. The summed E-state index contributed by atoms with van der Waals surface area (Å²) in [4.78, 5) is 24.0. The van der Waals surface area contributed by atoms with Crippen molar-refractivity contribution in [2.24, 2.45) is 5.92 Å². The lowest BCUT2D eigenvalue weighted by atomic mass is 9.94. The third-order valence-electron chi connectivity index (χ3n) is 5.04. The van der Waals surface area contributed by atoms with Gasteiger partial charge in [0.05, 0.1) is 5.92 Å². The average molecular weight is 384 g/mol. The van der Waals surface area contributed by atoms with Crippen LogP contribution in [-0.4, -0.2) is 11.9 Å². The predicted octanol–water partition coefficient (Wildman–Crippen LogP) is 4.80. The van der Waals surface area contributed by atoms with Crippen molar-refractivity contribution in [2.75, 3.05) is 0 Å². The Kier molecular flexibility index (Phi) is 6.45. The molecule has 0 spiro atoms. The Hall–Kier alpha value is -2.69. The van der Waals surface area contributed by atoms with Crippen LogP contribution in [0.15, 0.2) is 36.4 Å². The molecule has 28 heavy (non-hydrogen) atoms. The van der Waals surface area contributed by atoms with E-state index in [4.69, 9.17) is 9.47 Å². The number of hydrogen-bond acceptors (Lipinski definition) is 4. The van der Waals surface area contributed by atoms with Crippen molar-refractivity contribution in [3.8, 4) is 11.5 Å². The normalized spacial score (nSPS) is 15.7. The predicted molar refractivity (Wildman–Crippen MR) is 104 cm³/mol. The zero-order valence-corrected chi connectivity index (χ0v) is 16.3. The van der Waals surface area contributed by atoms with Gasteiger partial charge in [-0.3, -0.25) is 9.59 Å². The van der Waals surface area contributed by atoms with Gasteiger partial charge in [-0.15, -0.1) is 0 Å². The number of carbonyl (C=O) groups is 2. The first-order valence-electron chi connectivity index (χ1n) is 9.83. The van der Waals surface area contributed by atoms with Gasteiger partial charge in [-0.05, 0) is 48.4 Å². The molecule has 0 N–H and O–H groups in total. The number of esters is 2. The Bertz CT molecular complexity index is 858. The summed E-state index contributed by atoms with van der Waals surface area (Å²) < 4.78 is 25.0. The molecule has 3 rings (SSSR count). The number of rotatable bonds is 7. The molecule has 4 nitrogen and oxygen atoms in total. The van der Waals surface area contributed by atoms with Crippen molar-refractivity contribution in [3.05, 3.63) is 58.9 Å². The topological polar surface area (TPSA) is 52.6 Å². The smallest absolute Gasteiger partial charge is 0.314 e. The maximum absolute atomic E-state index is 14.6. The van der Waals surface area contributed by atoms with E-state index in [2.05, 4.69) is 19.1 Å². The molecule has 0 saturated carbocycles. The van der Waals surface area contributed by atoms with Crippen LogP contribution < -0.4 is 9.47 Å². The van der Waals surface area contributed by atoms with E-state index in [1.807, 2.05) is 19.1 Å². The molecule has 148 valence electrons. The van der Waals surface area contributed by atoms with Crippen LogP contribution in [0.3, 0.4) is 0 Å². The van der Waals surface area contributed by atoms with Gasteiger partial charge in [0, 0.05) is 6.42 Å². The molecule has 5 heteroatoms. The SMILES string of the molecule is CCCc1ccc(CCC(=O)Oc2ccc3c(c2F)OC(=O)C(CC)C3)cc1. The Balaban J connectivity index is 1.61. The van der Waals surface area contributed by atoms with E-state index >= 15 is 0 Å². The molecule has 2 aromatic carbocycles. The Morgan fingerprint density at radius 2 is 1.79 bits per heavy atom. The Morgan fingerprint density at radius 1 is 1.11 bits per heavy atom. The molecule has 0 aliphatic carbocycles. The summed E-state index contributed by atoms with van der Waals surface area (Å²) in [6, 6.07) is 11.2. The summed E-state index contributed by atoms with van der Waals surface area (Å²) in [6.45, 7) is 4.02. The molecule has 0 aromatic heterocycles. The number of carbonyl (C=O) groups excluding carboxylic acids is 2. The van der Waals surface area contributed by atoms with E-state index in [0.29, 0.717) is 24.8 Å². The maximum atomic E-state index is 14.6. The second-order valence-electron chi connectivity index (χ2n) is 7.14. The molecule has 0 amide bonds. The van der Waals surface area contributed by atoms with E-state index in [9.17, 15) is 14.0 Å². The van der Waals surface area contributed by atoms with Crippen LogP contribution in [0.5, 0.6) is 11.5 Å². The van der Waals surface area contributed by atoms with Crippen molar-refractivity contribution >= 4 is 11.9 Å². The van der Waals surface area contributed by atoms with Crippen LogP contribution in [0.1, 0.15) is 49.8 Å². The minimum Gasteiger partial charge on any atom is -0.423 e. The highest BCUT2D eigenvalue weighted by Gasteiger charge is 2.30. The molecule has 0 fully saturated rings. The number of halogens is 1. The maximum Gasteiger partial charge on any atom is 0.314 e. The molecule has 0 radical (unpaired) electrons. The summed E-state index contributed by atoms with van der Waals surface area (Å²) in [5, 5.41) is 0. The van der Waals surface area contributed by atoms with Gasteiger partial charge in [0.15, 0.2) is 11.5 Å². The first kappa shape index (κ1) is 20.1. The van der Waals surface area contributed by atoms with Gasteiger partial charge in [-0.25, -0.2) is 0 Å². The van der Waals surface area contributed by atoms with E-state index in [0.717, 1.165) is 18.4 Å². The lowest BCUT2D eigenvalue weighted by Gasteiger charge is -2.23. The average Bonchev–Trinajstić information content (AvgIpc) is 2.70. The zero-order valence-electron chi connectivity index (χ0n) is 16.3. The van der Waals surface area contributed by atoms with Gasteiger partial charge in [0.2, 0.25) is 5.82 Å². The highest BCUT2D eigenvalue weighted by molar-refractivity contribution is 5.79. The molecular formula is C23H25FO4. The number of fused-ring (bicyclic) bond motifs is 1. The fraction of sp³-hybridized carbons (Fsp3) is 0.391. The van der Waals surface area contributed by atoms with Crippen LogP contribution in [0.2, 0.25) is 0 Å². The second kappa shape index (κ2) is 9.00. The minimum atomic E-state index is -0.794. The molecule has 2 aromatic rings. The number of ether oxygens (including phenoxy) is 2. The monoisotopic (exact) mass is 384 g/mol. The van der Waals surface area contributed by atoms with Crippen LogP contribution in [0.25, 0.3) is 0 Å². The van der Waals surface area contributed by atoms with Crippen molar-refractivity contribution in [1.82, 2.24) is 0 Å². The van der Waals surface area contributed by atoms with Gasteiger partial charge < -0.3 is 9.47 Å². The van der Waals surface area contributed by atoms with Crippen molar-refractivity contribution in [1.29, 1.82) is 0 Å². The van der Waals surface area contributed by atoms with Gasteiger partial charge in [0.1, 0.15) is 0 Å². The second-order valence-corrected chi connectivity index (χ2v) is 7.14. The van der Waals surface area contributed by atoms with Gasteiger partial charge >= 0.3 is 11.9 Å². The van der Waals surface area contributed by atoms with Crippen LogP contribution >= 0.6 is 0 Å². The summed E-state index contributed by atoms with van der Waals surface area (Å²) in [6.07, 6.45) is 3.85. The van der Waals surface area contributed by atoms with Crippen LogP contribution in [0.4, 0.5) is 4.39 Å².